The summed E-state index contributed by atoms with van der Waals surface area (Å²) in [6.45, 7) is 4.41. The van der Waals surface area contributed by atoms with Crippen LogP contribution in [-0.2, 0) is 9.59 Å². The van der Waals surface area contributed by atoms with Crippen molar-refractivity contribution in [1.29, 1.82) is 0 Å². The van der Waals surface area contributed by atoms with E-state index in [2.05, 4.69) is 26.6 Å². The Hall–Kier alpha value is -1.47. The van der Waals surface area contributed by atoms with Crippen LogP contribution >= 0.6 is 15.9 Å². The van der Waals surface area contributed by atoms with E-state index >= 15 is 0 Å². The Morgan fingerprint density at radius 3 is 2.59 bits per heavy atom. The standard InChI is InChI=1S/C15H21BrFN3O2/c1-10(2)18-15(22)9-20(3)7-6-14(21)19-13-5-4-11(16)8-12(13)17/h4-5,8,10H,6-7,9H2,1-3H3,(H,18,22)(H,19,21). The summed E-state index contributed by atoms with van der Waals surface area (Å²) in [7, 11) is 1.76. The van der Waals surface area contributed by atoms with Gasteiger partial charge in [-0.2, -0.15) is 0 Å². The number of amides is 2. The molecule has 2 N–H and O–H groups in total. The Bertz CT molecular complexity index is 538. The van der Waals surface area contributed by atoms with Gasteiger partial charge in [-0.25, -0.2) is 4.39 Å². The molecule has 0 saturated carbocycles. The molecule has 0 heterocycles. The summed E-state index contributed by atoms with van der Waals surface area (Å²) in [5.41, 5.74) is 0.147. The van der Waals surface area contributed by atoms with E-state index in [9.17, 15) is 14.0 Å². The van der Waals surface area contributed by atoms with Crippen LogP contribution in [-0.4, -0.2) is 42.9 Å². The van der Waals surface area contributed by atoms with Crippen molar-refractivity contribution >= 4 is 33.4 Å². The van der Waals surface area contributed by atoms with Gasteiger partial charge in [0.15, 0.2) is 0 Å². The van der Waals surface area contributed by atoms with Crippen LogP contribution in [0.4, 0.5) is 10.1 Å². The highest BCUT2D eigenvalue weighted by molar-refractivity contribution is 9.10. The van der Waals surface area contributed by atoms with Crippen LogP contribution in [0.1, 0.15) is 20.3 Å². The van der Waals surface area contributed by atoms with Crippen molar-refractivity contribution in [3.63, 3.8) is 0 Å². The number of likely N-dealkylation sites (N-methyl/N-ethyl adjacent to an activating group) is 1. The maximum atomic E-state index is 13.6. The van der Waals surface area contributed by atoms with Gasteiger partial charge in [0.2, 0.25) is 11.8 Å². The lowest BCUT2D eigenvalue weighted by atomic mass is 10.3. The van der Waals surface area contributed by atoms with Crippen molar-refractivity contribution in [3.8, 4) is 0 Å². The van der Waals surface area contributed by atoms with Gasteiger partial charge in [-0.05, 0) is 39.1 Å². The first kappa shape index (κ1) is 18.6. The first-order valence-electron chi connectivity index (χ1n) is 7.00. The molecule has 1 aromatic rings. The summed E-state index contributed by atoms with van der Waals surface area (Å²) in [5, 5.41) is 5.30. The molecule has 0 radical (unpaired) electrons. The lowest BCUT2D eigenvalue weighted by molar-refractivity contribution is -0.123. The van der Waals surface area contributed by atoms with Gasteiger partial charge in [0, 0.05) is 23.5 Å². The molecule has 0 unspecified atom stereocenters. The number of rotatable bonds is 7. The molecule has 0 fully saturated rings. The van der Waals surface area contributed by atoms with Crippen molar-refractivity contribution < 1.29 is 14.0 Å². The van der Waals surface area contributed by atoms with Gasteiger partial charge in [-0.15, -0.1) is 0 Å². The lowest BCUT2D eigenvalue weighted by Crippen LogP contribution is -2.39. The van der Waals surface area contributed by atoms with Crippen molar-refractivity contribution in [2.75, 3.05) is 25.5 Å². The largest absolute Gasteiger partial charge is 0.353 e. The fraction of sp³-hybridized carbons (Fsp3) is 0.467. The Balaban J connectivity index is 2.38. The third-order valence-corrected chi connectivity index (χ3v) is 3.28. The van der Waals surface area contributed by atoms with Gasteiger partial charge in [0.05, 0.1) is 12.2 Å². The number of hydrogen-bond donors (Lipinski definition) is 2. The van der Waals surface area contributed by atoms with E-state index in [4.69, 9.17) is 0 Å². The van der Waals surface area contributed by atoms with Crippen LogP contribution in [0.5, 0.6) is 0 Å². The number of anilines is 1. The van der Waals surface area contributed by atoms with Crippen molar-refractivity contribution in [1.82, 2.24) is 10.2 Å². The van der Waals surface area contributed by atoms with Crippen LogP contribution in [0.15, 0.2) is 22.7 Å². The topological polar surface area (TPSA) is 61.4 Å². The quantitative estimate of drug-likeness (QED) is 0.771. The van der Waals surface area contributed by atoms with E-state index in [0.717, 1.165) is 0 Å². The zero-order valence-electron chi connectivity index (χ0n) is 13.0. The fourth-order valence-electron chi connectivity index (χ4n) is 1.79. The predicted octanol–water partition coefficient (Wildman–Crippen LogP) is 2.37. The number of hydrogen-bond acceptors (Lipinski definition) is 3. The number of benzene rings is 1. The first-order valence-corrected chi connectivity index (χ1v) is 7.80. The Labute approximate surface area is 138 Å². The van der Waals surface area contributed by atoms with E-state index < -0.39 is 5.82 Å². The average Bonchev–Trinajstić information content (AvgIpc) is 2.38. The minimum atomic E-state index is -0.493. The highest BCUT2D eigenvalue weighted by Gasteiger charge is 2.11. The molecule has 22 heavy (non-hydrogen) atoms. The van der Waals surface area contributed by atoms with Crippen molar-refractivity contribution in [2.24, 2.45) is 0 Å². The molecule has 0 aromatic heterocycles. The lowest BCUT2D eigenvalue weighted by Gasteiger charge is -2.17. The number of halogens is 2. The van der Waals surface area contributed by atoms with Crippen LogP contribution in [0.2, 0.25) is 0 Å². The Morgan fingerprint density at radius 2 is 2.00 bits per heavy atom. The van der Waals surface area contributed by atoms with Gasteiger partial charge >= 0.3 is 0 Å². The van der Waals surface area contributed by atoms with E-state index in [1.54, 1.807) is 18.0 Å². The highest BCUT2D eigenvalue weighted by Crippen LogP contribution is 2.19. The van der Waals surface area contributed by atoms with Gasteiger partial charge in [-0.1, -0.05) is 15.9 Å². The predicted molar refractivity (Wildman–Crippen MR) is 88.1 cm³/mol. The van der Waals surface area contributed by atoms with Crippen LogP contribution in [0, 0.1) is 5.82 Å². The minimum Gasteiger partial charge on any atom is -0.353 e. The van der Waals surface area contributed by atoms with Crippen LogP contribution in [0.25, 0.3) is 0 Å². The first-order chi connectivity index (χ1) is 10.3. The molecule has 122 valence electrons. The molecule has 0 aliphatic carbocycles. The molecular formula is C15H21BrFN3O2. The number of carbonyl (C=O) groups is 2. The molecule has 0 bridgehead atoms. The average molecular weight is 374 g/mol. The summed E-state index contributed by atoms with van der Waals surface area (Å²) in [5.74, 6) is -0.874. The SMILES string of the molecule is CC(C)NC(=O)CN(C)CCC(=O)Nc1ccc(Br)cc1F. The molecule has 1 rings (SSSR count). The molecule has 0 aliphatic heterocycles. The third-order valence-electron chi connectivity index (χ3n) is 2.79. The van der Waals surface area contributed by atoms with E-state index in [0.29, 0.717) is 11.0 Å². The van der Waals surface area contributed by atoms with Gasteiger partial charge in [-0.3, -0.25) is 14.5 Å². The highest BCUT2D eigenvalue weighted by atomic mass is 79.9. The molecule has 5 nitrogen and oxygen atoms in total. The summed E-state index contributed by atoms with van der Waals surface area (Å²) in [4.78, 5) is 25.1. The normalized spacial score (nSPS) is 10.9. The third kappa shape index (κ3) is 7.00. The molecule has 0 saturated heterocycles. The maximum absolute atomic E-state index is 13.6. The smallest absolute Gasteiger partial charge is 0.234 e. The van der Waals surface area contributed by atoms with Crippen LogP contribution < -0.4 is 10.6 Å². The molecule has 0 atom stereocenters. The Kier molecular flexibility index (Phi) is 7.47. The number of carbonyl (C=O) groups excluding carboxylic acids is 2. The molecule has 2 amide bonds. The van der Waals surface area contributed by atoms with E-state index in [-0.39, 0.29) is 36.5 Å². The van der Waals surface area contributed by atoms with Crippen molar-refractivity contribution in [2.45, 2.75) is 26.3 Å². The summed E-state index contributed by atoms with van der Waals surface area (Å²) < 4.78 is 14.2. The van der Waals surface area contributed by atoms with Crippen LogP contribution in [0.3, 0.4) is 0 Å². The van der Waals surface area contributed by atoms with Crippen molar-refractivity contribution in [3.05, 3.63) is 28.5 Å². The summed E-state index contributed by atoms with van der Waals surface area (Å²) >= 11 is 3.15. The number of nitrogens with zero attached hydrogens (tertiary/aromatic N) is 1. The second-order valence-electron chi connectivity index (χ2n) is 5.38. The minimum absolute atomic E-state index is 0.0862. The van der Waals surface area contributed by atoms with E-state index in [1.165, 1.54) is 12.1 Å². The molecule has 7 heteroatoms. The van der Waals surface area contributed by atoms with Gasteiger partial charge < -0.3 is 10.6 Å². The zero-order chi connectivity index (χ0) is 16.7. The second kappa shape index (κ2) is 8.85. The van der Waals surface area contributed by atoms with E-state index in [1.807, 2.05) is 13.8 Å². The molecule has 0 spiro atoms. The summed E-state index contributed by atoms with van der Waals surface area (Å²) in [6.07, 6.45) is 0.182. The molecule has 1 aromatic carbocycles. The maximum Gasteiger partial charge on any atom is 0.234 e. The monoisotopic (exact) mass is 373 g/mol. The summed E-state index contributed by atoms with van der Waals surface area (Å²) in [6, 6.07) is 4.53. The molecular weight excluding hydrogens is 353 g/mol. The fourth-order valence-corrected chi connectivity index (χ4v) is 2.12. The zero-order valence-corrected chi connectivity index (χ0v) is 14.5. The van der Waals surface area contributed by atoms with Gasteiger partial charge in [0.1, 0.15) is 5.82 Å². The molecule has 0 aliphatic rings. The number of nitrogens with one attached hydrogen (secondary N) is 2. The Morgan fingerprint density at radius 1 is 1.32 bits per heavy atom. The second-order valence-corrected chi connectivity index (χ2v) is 6.30. The van der Waals surface area contributed by atoms with Gasteiger partial charge in [0.25, 0.3) is 0 Å².